The minimum absolute atomic E-state index is 0.0864. The molecule has 0 unspecified atom stereocenters. The molecule has 1 aromatic rings. The number of nitrogens with one attached hydrogen (secondary N) is 1. The molecule has 0 aliphatic rings. The van der Waals surface area contributed by atoms with Crippen LogP contribution in [-0.4, -0.2) is 23.9 Å². The molecule has 1 rings (SSSR count). The molecule has 0 bridgehead atoms. The first-order valence-electron chi connectivity index (χ1n) is 5.03. The molecular weight excluding hydrogens is 274 g/mol. The zero-order valence-corrected chi connectivity index (χ0v) is 9.64. The molecular formula is C10H9F4NO4. The molecule has 0 saturated heterocycles. The summed E-state index contributed by atoms with van der Waals surface area (Å²) in [6.45, 7) is -0.0749. The zero-order chi connectivity index (χ0) is 14.6. The van der Waals surface area contributed by atoms with Crippen molar-refractivity contribution in [1.82, 2.24) is 4.98 Å². The Labute approximate surface area is 104 Å². The van der Waals surface area contributed by atoms with Crippen LogP contribution in [0.15, 0.2) is 10.9 Å². The van der Waals surface area contributed by atoms with Crippen molar-refractivity contribution in [3.63, 3.8) is 0 Å². The van der Waals surface area contributed by atoms with E-state index in [4.69, 9.17) is 0 Å². The van der Waals surface area contributed by atoms with Crippen LogP contribution in [0.1, 0.15) is 23.0 Å². The first-order valence-corrected chi connectivity index (χ1v) is 5.03. The van der Waals surface area contributed by atoms with Gasteiger partial charge in [0.2, 0.25) is 0 Å². The van der Waals surface area contributed by atoms with Crippen molar-refractivity contribution in [3.05, 3.63) is 27.7 Å². The fourth-order valence-corrected chi connectivity index (χ4v) is 1.29. The van der Waals surface area contributed by atoms with E-state index in [1.165, 1.54) is 6.92 Å². The van der Waals surface area contributed by atoms with Gasteiger partial charge in [0.15, 0.2) is 0 Å². The number of carbonyl (C=O) groups is 1. The van der Waals surface area contributed by atoms with Crippen LogP contribution in [0.4, 0.5) is 17.6 Å². The summed E-state index contributed by atoms with van der Waals surface area (Å²) in [6.07, 6.45) is -5.11. The molecule has 0 atom stereocenters. The quantitative estimate of drug-likeness (QED) is 0.677. The number of alkyl halides is 4. The Morgan fingerprint density at radius 3 is 2.53 bits per heavy atom. The third kappa shape index (κ3) is 3.97. The highest BCUT2D eigenvalue weighted by molar-refractivity contribution is 5.89. The van der Waals surface area contributed by atoms with E-state index in [2.05, 4.69) is 9.47 Å². The molecule has 0 aromatic carbocycles. The predicted molar refractivity (Wildman–Crippen MR) is 54.5 cm³/mol. The number of hydrogen-bond donors (Lipinski definition) is 1. The second kappa shape index (κ2) is 5.72. The van der Waals surface area contributed by atoms with Crippen LogP contribution in [0.25, 0.3) is 0 Å². The Morgan fingerprint density at radius 2 is 2.05 bits per heavy atom. The van der Waals surface area contributed by atoms with E-state index in [-0.39, 0.29) is 6.61 Å². The molecule has 19 heavy (non-hydrogen) atoms. The molecule has 1 aromatic heterocycles. The molecule has 0 fully saturated rings. The number of aromatic amines is 1. The van der Waals surface area contributed by atoms with Crippen LogP contribution in [0.2, 0.25) is 0 Å². The highest BCUT2D eigenvalue weighted by Crippen LogP contribution is 2.27. The lowest BCUT2D eigenvalue weighted by Gasteiger charge is -2.13. The Morgan fingerprint density at radius 1 is 1.42 bits per heavy atom. The average molecular weight is 283 g/mol. The van der Waals surface area contributed by atoms with Crippen molar-refractivity contribution in [2.24, 2.45) is 0 Å². The third-order valence-electron chi connectivity index (χ3n) is 1.95. The van der Waals surface area contributed by atoms with E-state index in [0.717, 1.165) is 0 Å². The monoisotopic (exact) mass is 283 g/mol. The van der Waals surface area contributed by atoms with Crippen LogP contribution in [-0.2, 0) is 11.4 Å². The van der Waals surface area contributed by atoms with E-state index < -0.39 is 41.6 Å². The lowest BCUT2D eigenvalue weighted by atomic mass is 10.2. The summed E-state index contributed by atoms with van der Waals surface area (Å²) in [5.74, 6) is -2.21. The average Bonchev–Trinajstić information content (AvgIpc) is 2.26. The summed E-state index contributed by atoms with van der Waals surface area (Å²) >= 11 is 0. The number of pyridine rings is 1. The molecule has 0 spiro atoms. The van der Waals surface area contributed by atoms with Crippen LogP contribution in [0.3, 0.4) is 0 Å². The molecule has 0 aliphatic carbocycles. The summed E-state index contributed by atoms with van der Waals surface area (Å²) < 4.78 is 57.1. The van der Waals surface area contributed by atoms with Crippen molar-refractivity contribution in [2.75, 3.05) is 6.61 Å². The number of ether oxygens (including phenoxy) is 2. The van der Waals surface area contributed by atoms with Crippen molar-refractivity contribution in [2.45, 2.75) is 20.0 Å². The topological polar surface area (TPSA) is 68.4 Å². The second-order valence-corrected chi connectivity index (χ2v) is 3.25. The Hall–Kier alpha value is -2.06. The van der Waals surface area contributed by atoms with E-state index in [1.807, 2.05) is 4.98 Å². The van der Waals surface area contributed by atoms with Gasteiger partial charge in [0.25, 0.3) is 5.56 Å². The standard InChI is InChI=1S/C10H9F4NO4/c1-2-18-9(17)8-5(4-11)6(3-7(16)15-8)19-10(12,13)14/h3H,2,4H2,1H3,(H,15,16). The molecule has 0 radical (unpaired) electrons. The van der Waals surface area contributed by atoms with Gasteiger partial charge in [-0.15, -0.1) is 13.2 Å². The minimum atomic E-state index is -5.11. The molecule has 0 saturated carbocycles. The number of halogens is 4. The molecule has 106 valence electrons. The minimum Gasteiger partial charge on any atom is -0.461 e. The largest absolute Gasteiger partial charge is 0.573 e. The van der Waals surface area contributed by atoms with Crippen molar-refractivity contribution in [1.29, 1.82) is 0 Å². The SMILES string of the molecule is CCOC(=O)c1[nH]c(=O)cc(OC(F)(F)F)c1CF. The van der Waals surface area contributed by atoms with E-state index in [9.17, 15) is 27.2 Å². The summed E-state index contributed by atoms with van der Waals surface area (Å²) in [5.41, 5.74) is -2.47. The summed E-state index contributed by atoms with van der Waals surface area (Å²) in [4.78, 5) is 24.5. The third-order valence-corrected chi connectivity index (χ3v) is 1.95. The van der Waals surface area contributed by atoms with Crippen molar-refractivity contribution < 1.29 is 31.8 Å². The smallest absolute Gasteiger partial charge is 0.461 e. The van der Waals surface area contributed by atoms with E-state index in [0.29, 0.717) is 6.07 Å². The lowest BCUT2D eigenvalue weighted by Crippen LogP contribution is -2.23. The number of aromatic nitrogens is 1. The van der Waals surface area contributed by atoms with Gasteiger partial charge in [-0.05, 0) is 6.92 Å². The summed E-state index contributed by atoms with van der Waals surface area (Å²) in [5, 5.41) is 0. The van der Waals surface area contributed by atoms with Gasteiger partial charge in [0, 0.05) is 6.07 Å². The highest BCUT2D eigenvalue weighted by atomic mass is 19.4. The number of hydrogen-bond acceptors (Lipinski definition) is 4. The maximum atomic E-state index is 12.8. The zero-order valence-electron chi connectivity index (χ0n) is 9.64. The number of carbonyl (C=O) groups excluding carboxylic acids is 1. The molecule has 0 amide bonds. The van der Waals surface area contributed by atoms with E-state index in [1.54, 1.807) is 0 Å². The van der Waals surface area contributed by atoms with Crippen molar-refractivity contribution in [3.8, 4) is 5.75 Å². The molecule has 0 aliphatic heterocycles. The molecule has 9 heteroatoms. The number of rotatable bonds is 4. The number of H-pyrrole nitrogens is 1. The molecule has 1 N–H and O–H groups in total. The lowest BCUT2D eigenvalue weighted by molar-refractivity contribution is -0.275. The maximum Gasteiger partial charge on any atom is 0.573 e. The van der Waals surface area contributed by atoms with Gasteiger partial charge in [0.1, 0.15) is 18.1 Å². The fraction of sp³-hybridized carbons (Fsp3) is 0.400. The van der Waals surface area contributed by atoms with Gasteiger partial charge >= 0.3 is 12.3 Å². The normalized spacial score (nSPS) is 11.2. The predicted octanol–water partition coefficient (Wildman–Crippen LogP) is 1.92. The highest BCUT2D eigenvalue weighted by Gasteiger charge is 2.33. The first kappa shape index (κ1) is 15.0. The maximum absolute atomic E-state index is 12.8. The summed E-state index contributed by atoms with van der Waals surface area (Å²) in [6, 6.07) is 0.408. The molecule has 1 heterocycles. The van der Waals surface area contributed by atoms with Gasteiger partial charge in [-0.1, -0.05) is 0 Å². The Kier molecular flexibility index (Phi) is 4.52. The van der Waals surface area contributed by atoms with Crippen molar-refractivity contribution >= 4 is 5.97 Å². The van der Waals surface area contributed by atoms with E-state index >= 15 is 0 Å². The Balaban J connectivity index is 3.32. The Bertz CT molecular complexity index is 523. The van der Waals surface area contributed by atoms with Gasteiger partial charge in [-0.3, -0.25) is 4.79 Å². The second-order valence-electron chi connectivity index (χ2n) is 3.25. The van der Waals surface area contributed by atoms with Gasteiger partial charge in [0.05, 0.1) is 12.2 Å². The van der Waals surface area contributed by atoms with Gasteiger partial charge in [-0.25, -0.2) is 9.18 Å². The van der Waals surface area contributed by atoms with Crippen LogP contribution >= 0.6 is 0 Å². The van der Waals surface area contributed by atoms with Crippen LogP contribution in [0.5, 0.6) is 5.75 Å². The first-order chi connectivity index (χ1) is 8.78. The summed E-state index contributed by atoms with van der Waals surface area (Å²) in [7, 11) is 0. The van der Waals surface area contributed by atoms with Crippen LogP contribution in [0, 0.1) is 0 Å². The van der Waals surface area contributed by atoms with Crippen LogP contribution < -0.4 is 10.3 Å². The van der Waals surface area contributed by atoms with Gasteiger partial charge < -0.3 is 14.5 Å². The van der Waals surface area contributed by atoms with Gasteiger partial charge in [-0.2, -0.15) is 0 Å². The molecule has 5 nitrogen and oxygen atoms in total. The fourth-order valence-electron chi connectivity index (χ4n) is 1.29. The number of esters is 1.